The molecule has 4 rings (SSSR count). The van der Waals surface area contributed by atoms with Crippen molar-refractivity contribution in [2.24, 2.45) is 21.7 Å². The molecular formula is C20H20ClN5O2S. The van der Waals surface area contributed by atoms with Crippen molar-refractivity contribution in [3.8, 4) is 0 Å². The van der Waals surface area contributed by atoms with Gasteiger partial charge in [-0.1, -0.05) is 36.4 Å². The van der Waals surface area contributed by atoms with Crippen LogP contribution < -0.4 is 16.2 Å². The van der Waals surface area contributed by atoms with E-state index in [1.807, 2.05) is 30.3 Å². The molecule has 0 saturated heterocycles. The van der Waals surface area contributed by atoms with Gasteiger partial charge in [0.15, 0.2) is 0 Å². The molecule has 5 N–H and O–H groups in total. The molecule has 0 amide bonds. The number of aryl methyl sites for hydroxylation is 1. The molecule has 1 aliphatic rings. The van der Waals surface area contributed by atoms with Crippen LogP contribution in [0, 0.1) is 0 Å². The number of hydrogen-bond acceptors (Lipinski definition) is 4. The summed E-state index contributed by atoms with van der Waals surface area (Å²) >= 11 is 0. The summed E-state index contributed by atoms with van der Waals surface area (Å²) in [4.78, 5) is 0.209. The first-order valence-corrected chi connectivity index (χ1v) is 10.2. The van der Waals surface area contributed by atoms with Crippen molar-refractivity contribution in [2.45, 2.75) is 17.7 Å². The standard InChI is InChI=1S/C20H19N5O2S.ClH/c21-20(22)24-23-19-10-7-14-5-8-16(12-18(14)19)25-28(26,27)17-9-6-13-3-1-2-4-15(13)11-17;/h1-6,8-9,11-12,25H,7,10H2,(H4,21,22,24);1H. The Hall–Kier alpha value is -3.10. The Labute approximate surface area is 175 Å². The van der Waals surface area contributed by atoms with E-state index in [1.54, 1.807) is 30.3 Å². The van der Waals surface area contributed by atoms with E-state index >= 15 is 0 Å². The largest absolute Gasteiger partial charge is 0.369 e. The first-order chi connectivity index (χ1) is 13.4. The van der Waals surface area contributed by atoms with Crippen LogP contribution in [0.3, 0.4) is 0 Å². The Morgan fingerprint density at radius 2 is 1.69 bits per heavy atom. The van der Waals surface area contributed by atoms with Crippen LogP contribution in [0.1, 0.15) is 17.5 Å². The SMILES string of the molecule is Cl.NC(N)=NN=C1CCc2ccc(NS(=O)(=O)c3ccc4ccccc4c3)cc21. The maximum atomic E-state index is 12.8. The maximum Gasteiger partial charge on any atom is 0.261 e. The third-order valence-electron chi connectivity index (χ3n) is 4.62. The number of hydrogen-bond donors (Lipinski definition) is 3. The van der Waals surface area contributed by atoms with E-state index in [0.717, 1.165) is 34.0 Å². The summed E-state index contributed by atoms with van der Waals surface area (Å²) in [5.74, 6) is -0.117. The summed E-state index contributed by atoms with van der Waals surface area (Å²) in [5, 5.41) is 9.63. The van der Waals surface area contributed by atoms with E-state index in [9.17, 15) is 8.42 Å². The fourth-order valence-corrected chi connectivity index (χ4v) is 4.37. The van der Waals surface area contributed by atoms with Crippen LogP contribution in [0.4, 0.5) is 5.69 Å². The number of nitrogens with two attached hydrogens (primary N) is 2. The lowest BCUT2D eigenvalue weighted by atomic mass is 10.1. The van der Waals surface area contributed by atoms with Crippen molar-refractivity contribution >= 4 is 50.6 Å². The quantitative estimate of drug-likeness (QED) is 0.335. The minimum atomic E-state index is -3.72. The number of guanidine groups is 1. The summed E-state index contributed by atoms with van der Waals surface area (Å²) in [7, 11) is -3.72. The zero-order valence-electron chi connectivity index (χ0n) is 15.4. The fraction of sp³-hybridized carbons (Fsp3) is 0.100. The normalized spacial score (nSPS) is 14.3. The third-order valence-corrected chi connectivity index (χ3v) is 6.00. The van der Waals surface area contributed by atoms with Crippen molar-refractivity contribution in [2.75, 3.05) is 4.72 Å². The van der Waals surface area contributed by atoms with Gasteiger partial charge < -0.3 is 11.5 Å². The molecule has 7 nitrogen and oxygen atoms in total. The van der Waals surface area contributed by atoms with Crippen LogP contribution >= 0.6 is 12.4 Å². The second-order valence-electron chi connectivity index (χ2n) is 6.56. The predicted octanol–water partition coefficient (Wildman–Crippen LogP) is 2.99. The minimum absolute atomic E-state index is 0. The number of benzene rings is 3. The molecule has 3 aromatic rings. The van der Waals surface area contributed by atoms with Crippen molar-refractivity contribution in [1.82, 2.24) is 0 Å². The third kappa shape index (κ3) is 4.33. The minimum Gasteiger partial charge on any atom is -0.369 e. The monoisotopic (exact) mass is 429 g/mol. The lowest BCUT2D eigenvalue weighted by Gasteiger charge is -2.10. The Bertz CT molecular complexity index is 1230. The molecule has 0 radical (unpaired) electrons. The van der Waals surface area contributed by atoms with Crippen LogP contribution in [0.5, 0.6) is 0 Å². The van der Waals surface area contributed by atoms with Crippen molar-refractivity contribution < 1.29 is 8.42 Å². The van der Waals surface area contributed by atoms with Crippen molar-refractivity contribution in [3.05, 3.63) is 71.8 Å². The molecule has 29 heavy (non-hydrogen) atoms. The first-order valence-electron chi connectivity index (χ1n) is 8.73. The molecule has 1 aliphatic carbocycles. The summed E-state index contributed by atoms with van der Waals surface area (Å²) in [6.07, 6.45) is 1.51. The molecule has 3 aromatic carbocycles. The highest BCUT2D eigenvalue weighted by Gasteiger charge is 2.20. The van der Waals surface area contributed by atoms with Gasteiger partial charge in [0.1, 0.15) is 0 Å². The van der Waals surface area contributed by atoms with Crippen LogP contribution in [0.15, 0.2) is 75.8 Å². The molecule has 9 heteroatoms. The van der Waals surface area contributed by atoms with E-state index in [4.69, 9.17) is 11.5 Å². The predicted molar refractivity (Wildman–Crippen MR) is 119 cm³/mol. The highest BCUT2D eigenvalue weighted by Crippen LogP contribution is 2.28. The Kier molecular flexibility index (Phi) is 5.76. The fourth-order valence-electron chi connectivity index (χ4n) is 3.28. The Morgan fingerprint density at radius 3 is 2.45 bits per heavy atom. The lowest BCUT2D eigenvalue weighted by molar-refractivity contribution is 0.601. The number of sulfonamides is 1. The zero-order valence-corrected chi connectivity index (χ0v) is 17.0. The Morgan fingerprint density at radius 1 is 0.931 bits per heavy atom. The van der Waals surface area contributed by atoms with Crippen LogP contribution in [-0.4, -0.2) is 20.1 Å². The highest BCUT2D eigenvalue weighted by molar-refractivity contribution is 7.92. The number of anilines is 1. The highest BCUT2D eigenvalue weighted by atomic mass is 35.5. The van der Waals surface area contributed by atoms with Gasteiger partial charge in [0.2, 0.25) is 5.96 Å². The lowest BCUT2D eigenvalue weighted by Crippen LogP contribution is -2.22. The summed E-state index contributed by atoms with van der Waals surface area (Å²) in [6, 6.07) is 18.1. The van der Waals surface area contributed by atoms with Gasteiger partial charge in [0, 0.05) is 11.3 Å². The van der Waals surface area contributed by atoms with E-state index in [-0.39, 0.29) is 23.3 Å². The van der Waals surface area contributed by atoms with Crippen molar-refractivity contribution in [3.63, 3.8) is 0 Å². The van der Waals surface area contributed by atoms with Crippen molar-refractivity contribution in [1.29, 1.82) is 0 Å². The van der Waals surface area contributed by atoms with Crippen LogP contribution in [-0.2, 0) is 16.4 Å². The topological polar surface area (TPSA) is 123 Å². The van der Waals surface area contributed by atoms with E-state index in [1.165, 1.54) is 0 Å². The molecule has 0 spiro atoms. The maximum absolute atomic E-state index is 12.8. The molecule has 0 aromatic heterocycles. The number of nitrogens with zero attached hydrogens (tertiary/aromatic N) is 2. The molecule has 0 fully saturated rings. The second-order valence-corrected chi connectivity index (χ2v) is 8.24. The van der Waals surface area contributed by atoms with Gasteiger partial charge in [-0.3, -0.25) is 4.72 Å². The zero-order chi connectivity index (χ0) is 19.7. The van der Waals surface area contributed by atoms with Gasteiger partial charge >= 0.3 is 0 Å². The summed E-state index contributed by atoms with van der Waals surface area (Å²) < 4.78 is 28.3. The number of nitrogens with one attached hydrogen (secondary N) is 1. The molecule has 150 valence electrons. The Balaban J connectivity index is 0.00000240. The van der Waals surface area contributed by atoms with Gasteiger partial charge in [0.05, 0.1) is 10.6 Å². The first kappa shape index (κ1) is 20.6. The summed E-state index contributed by atoms with van der Waals surface area (Å²) in [5.41, 5.74) is 13.8. The van der Waals surface area contributed by atoms with Gasteiger partial charge in [-0.25, -0.2) is 8.42 Å². The van der Waals surface area contributed by atoms with Gasteiger partial charge in [-0.05, 0) is 53.4 Å². The second kappa shape index (κ2) is 8.10. The van der Waals surface area contributed by atoms with Crippen LogP contribution in [0.2, 0.25) is 0 Å². The number of halogens is 1. The van der Waals surface area contributed by atoms with E-state index in [0.29, 0.717) is 12.1 Å². The van der Waals surface area contributed by atoms with Gasteiger partial charge in [-0.2, -0.15) is 5.10 Å². The van der Waals surface area contributed by atoms with Crippen LogP contribution in [0.25, 0.3) is 10.8 Å². The molecule has 0 unspecified atom stereocenters. The van der Waals surface area contributed by atoms with Gasteiger partial charge in [-0.15, -0.1) is 17.5 Å². The molecule has 0 atom stereocenters. The molecular weight excluding hydrogens is 410 g/mol. The van der Waals surface area contributed by atoms with Gasteiger partial charge in [0.25, 0.3) is 10.0 Å². The summed E-state index contributed by atoms with van der Waals surface area (Å²) in [6.45, 7) is 0. The molecule has 0 aliphatic heterocycles. The average Bonchev–Trinajstić information content (AvgIpc) is 3.08. The smallest absolute Gasteiger partial charge is 0.261 e. The van der Waals surface area contributed by atoms with E-state index in [2.05, 4.69) is 14.9 Å². The number of fused-ring (bicyclic) bond motifs is 2. The molecule has 0 heterocycles. The molecule has 0 bridgehead atoms. The average molecular weight is 430 g/mol. The number of rotatable bonds is 4. The molecule has 0 saturated carbocycles. The van der Waals surface area contributed by atoms with E-state index < -0.39 is 10.0 Å².